The van der Waals surface area contributed by atoms with Crippen LogP contribution in [0.5, 0.6) is 5.75 Å². The minimum absolute atomic E-state index is 0.0895. The Morgan fingerprint density at radius 2 is 1.74 bits per heavy atom. The fourth-order valence-corrected chi connectivity index (χ4v) is 4.36. The Labute approximate surface area is 199 Å². The van der Waals surface area contributed by atoms with Gasteiger partial charge in [0.25, 0.3) is 0 Å². The zero-order chi connectivity index (χ0) is 23.5. The van der Waals surface area contributed by atoms with E-state index in [1.54, 1.807) is 7.11 Å². The van der Waals surface area contributed by atoms with Crippen molar-refractivity contribution in [3.05, 3.63) is 106 Å². The fourth-order valence-electron chi connectivity index (χ4n) is 4.36. The summed E-state index contributed by atoms with van der Waals surface area (Å²) < 4.78 is 5.41. The monoisotopic (exact) mass is 449 g/mol. The van der Waals surface area contributed by atoms with Gasteiger partial charge in [0.05, 0.1) is 30.6 Å². The molecule has 0 spiro atoms. The molecule has 5 nitrogen and oxygen atoms in total. The van der Waals surface area contributed by atoms with E-state index in [1.165, 1.54) is 11.1 Å². The maximum absolute atomic E-state index is 12.9. The van der Waals surface area contributed by atoms with Crippen LogP contribution in [-0.2, 0) is 30.5 Å². The molecule has 5 heteroatoms. The van der Waals surface area contributed by atoms with Crippen LogP contribution in [0.1, 0.15) is 33.6 Å². The van der Waals surface area contributed by atoms with Crippen LogP contribution >= 0.6 is 0 Å². The predicted molar refractivity (Wildman–Crippen MR) is 134 cm³/mol. The summed E-state index contributed by atoms with van der Waals surface area (Å²) in [5.41, 5.74) is 8.15. The number of aromatic nitrogens is 2. The molecule has 4 aromatic rings. The van der Waals surface area contributed by atoms with E-state index in [-0.39, 0.29) is 5.91 Å². The van der Waals surface area contributed by atoms with Crippen molar-refractivity contribution < 1.29 is 9.53 Å². The van der Waals surface area contributed by atoms with Crippen LogP contribution in [0.3, 0.4) is 0 Å². The van der Waals surface area contributed by atoms with E-state index >= 15 is 0 Å². The second kappa shape index (κ2) is 9.48. The third-order valence-corrected chi connectivity index (χ3v) is 6.20. The molecule has 1 N–H and O–H groups in total. The number of aryl methyl sites for hydroxylation is 3. The number of nitrogens with zero attached hydrogens (tertiary/aromatic N) is 2. The number of anilines is 1. The topological polar surface area (TPSA) is 64.1 Å². The summed E-state index contributed by atoms with van der Waals surface area (Å²) in [5.74, 6) is 1.31. The van der Waals surface area contributed by atoms with Gasteiger partial charge in [0, 0.05) is 12.0 Å². The average Bonchev–Trinajstić information content (AvgIpc) is 2.86. The van der Waals surface area contributed by atoms with Gasteiger partial charge >= 0.3 is 0 Å². The molecule has 3 aromatic carbocycles. The van der Waals surface area contributed by atoms with Crippen molar-refractivity contribution in [2.45, 2.75) is 32.6 Å². The lowest BCUT2D eigenvalue weighted by atomic mass is 9.91. The molecule has 0 saturated heterocycles. The number of carbonyl (C=O) groups is 1. The normalized spacial score (nSPS) is 11.9. The SMILES string of the molecule is COc1ccc2c(c1)CCc1nc(NC(=O)Cc3ccc(C)cc3)c(Cc3ccccc3)nc1-2. The highest BCUT2D eigenvalue weighted by Gasteiger charge is 2.23. The smallest absolute Gasteiger partial charge is 0.229 e. The van der Waals surface area contributed by atoms with Crippen LogP contribution in [0.25, 0.3) is 11.3 Å². The number of hydrogen-bond acceptors (Lipinski definition) is 4. The molecule has 0 bridgehead atoms. The molecule has 1 aliphatic rings. The second-order valence-corrected chi connectivity index (χ2v) is 8.71. The Kier molecular flexibility index (Phi) is 6.09. The summed E-state index contributed by atoms with van der Waals surface area (Å²) in [5, 5.41) is 3.05. The van der Waals surface area contributed by atoms with Gasteiger partial charge in [-0.05, 0) is 54.7 Å². The standard InChI is InChI=1S/C29H27N3O2/c1-19-8-10-21(11-9-19)17-27(33)32-29-26(16-20-6-4-3-5-7-20)30-28-24-14-13-23(34-2)18-22(24)12-15-25(28)31-29/h3-11,13-14,18H,12,15-17H2,1-2H3,(H,31,32,33). The average molecular weight is 450 g/mol. The number of rotatable bonds is 6. The van der Waals surface area contributed by atoms with Gasteiger partial charge in [-0.25, -0.2) is 9.97 Å². The molecule has 1 aromatic heterocycles. The molecule has 1 aliphatic carbocycles. The molecule has 5 rings (SSSR count). The lowest BCUT2D eigenvalue weighted by Crippen LogP contribution is -2.20. The van der Waals surface area contributed by atoms with Crippen LogP contribution in [0.4, 0.5) is 5.82 Å². The molecular formula is C29H27N3O2. The summed E-state index contributed by atoms with van der Waals surface area (Å²) in [6, 6.07) is 24.3. The van der Waals surface area contributed by atoms with Crippen LogP contribution in [0.15, 0.2) is 72.8 Å². The Hall–Kier alpha value is -3.99. The van der Waals surface area contributed by atoms with Gasteiger partial charge in [-0.2, -0.15) is 0 Å². The van der Waals surface area contributed by atoms with Gasteiger partial charge in [-0.1, -0.05) is 60.2 Å². The van der Waals surface area contributed by atoms with Gasteiger partial charge in [0.15, 0.2) is 5.82 Å². The van der Waals surface area contributed by atoms with Gasteiger partial charge in [-0.15, -0.1) is 0 Å². The summed E-state index contributed by atoms with van der Waals surface area (Å²) in [4.78, 5) is 22.9. The zero-order valence-electron chi connectivity index (χ0n) is 19.5. The lowest BCUT2D eigenvalue weighted by molar-refractivity contribution is -0.115. The summed E-state index contributed by atoms with van der Waals surface area (Å²) in [7, 11) is 1.68. The van der Waals surface area contributed by atoms with E-state index in [0.29, 0.717) is 18.7 Å². The number of fused-ring (bicyclic) bond motifs is 3. The molecule has 0 unspecified atom stereocenters. The molecule has 0 fully saturated rings. The lowest BCUT2D eigenvalue weighted by Gasteiger charge is -2.21. The van der Waals surface area contributed by atoms with Crippen molar-refractivity contribution in [3.8, 4) is 17.0 Å². The van der Waals surface area contributed by atoms with Gasteiger partial charge in [0.1, 0.15) is 5.75 Å². The maximum atomic E-state index is 12.9. The third kappa shape index (κ3) is 4.69. The number of hydrogen-bond donors (Lipinski definition) is 1. The van der Waals surface area contributed by atoms with Gasteiger partial charge in [-0.3, -0.25) is 4.79 Å². The van der Waals surface area contributed by atoms with Crippen LogP contribution < -0.4 is 10.1 Å². The molecule has 0 saturated carbocycles. The minimum Gasteiger partial charge on any atom is -0.497 e. The molecule has 1 heterocycles. The summed E-state index contributed by atoms with van der Waals surface area (Å²) >= 11 is 0. The number of ether oxygens (including phenoxy) is 1. The Balaban J connectivity index is 1.50. The van der Waals surface area contributed by atoms with Gasteiger partial charge in [0.2, 0.25) is 5.91 Å². The van der Waals surface area contributed by atoms with Crippen molar-refractivity contribution in [3.63, 3.8) is 0 Å². The molecule has 1 amide bonds. The van der Waals surface area contributed by atoms with Crippen molar-refractivity contribution in [2.24, 2.45) is 0 Å². The first-order valence-corrected chi connectivity index (χ1v) is 11.6. The second-order valence-electron chi connectivity index (χ2n) is 8.71. The summed E-state index contributed by atoms with van der Waals surface area (Å²) in [6.45, 7) is 2.04. The molecule has 0 aliphatic heterocycles. The number of amides is 1. The maximum Gasteiger partial charge on any atom is 0.229 e. The Morgan fingerprint density at radius 3 is 2.50 bits per heavy atom. The van der Waals surface area contributed by atoms with Crippen LogP contribution in [-0.4, -0.2) is 23.0 Å². The van der Waals surface area contributed by atoms with E-state index < -0.39 is 0 Å². The first-order valence-electron chi connectivity index (χ1n) is 11.6. The van der Waals surface area contributed by atoms with Gasteiger partial charge < -0.3 is 10.1 Å². The Morgan fingerprint density at radius 1 is 0.941 bits per heavy atom. The van der Waals surface area contributed by atoms with Crippen molar-refractivity contribution in [1.29, 1.82) is 0 Å². The quantitative estimate of drug-likeness (QED) is 0.432. The zero-order valence-corrected chi connectivity index (χ0v) is 19.5. The highest BCUT2D eigenvalue weighted by molar-refractivity contribution is 5.92. The van der Waals surface area contributed by atoms with E-state index in [9.17, 15) is 4.79 Å². The molecule has 34 heavy (non-hydrogen) atoms. The first-order chi connectivity index (χ1) is 16.6. The minimum atomic E-state index is -0.0895. The fraction of sp³-hybridized carbons (Fsp3) is 0.207. The number of methoxy groups -OCH3 is 1. The summed E-state index contributed by atoms with van der Waals surface area (Å²) in [6.07, 6.45) is 2.52. The number of nitrogens with one attached hydrogen (secondary N) is 1. The number of carbonyl (C=O) groups excluding carboxylic acids is 1. The van der Waals surface area contributed by atoms with E-state index in [4.69, 9.17) is 14.7 Å². The van der Waals surface area contributed by atoms with Crippen LogP contribution in [0.2, 0.25) is 0 Å². The van der Waals surface area contributed by atoms with Crippen molar-refractivity contribution in [2.75, 3.05) is 12.4 Å². The van der Waals surface area contributed by atoms with Crippen LogP contribution in [0, 0.1) is 6.92 Å². The Bertz CT molecular complexity index is 1330. The molecular weight excluding hydrogens is 422 g/mol. The molecule has 170 valence electrons. The van der Waals surface area contributed by atoms with E-state index in [2.05, 4.69) is 29.6 Å². The van der Waals surface area contributed by atoms with Crippen molar-refractivity contribution in [1.82, 2.24) is 9.97 Å². The largest absolute Gasteiger partial charge is 0.497 e. The van der Waals surface area contributed by atoms with E-state index in [1.807, 2.05) is 55.5 Å². The highest BCUT2D eigenvalue weighted by atomic mass is 16.5. The first kappa shape index (κ1) is 21.8. The third-order valence-electron chi connectivity index (χ3n) is 6.20. The van der Waals surface area contributed by atoms with Crippen molar-refractivity contribution >= 4 is 11.7 Å². The molecule has 0 atom stereocenters. The number of benzene rings is 3. The molecule has 0 radical (unpaired) electrons. The predicted octanol–water partition coefficient (Wildman–Crippen LogP) is 5.33. The highest BCUT2D eigenvalue weighted by Crippen LogP contribution is 2.35. The van der Waals surface area contributed by atoms with E-state index in [0.717, 1.165) is 52.4 Å².